The van der Waals surface area contributed by atoms with Crippen molar-refractivity contribution in [2.75, 3.05) is 26.2 Å². The van der Waals surface area contributed by atoms with Crippen LogP contribution in [0.4, 0.5) is 0 Å². The van der Waals surface area contributed by atoms with Crippen molar-refractivity contribution in [2.45, 2.75) is 20.1 Å². The van der Waals surface area contributed by atoms with E-state index in [2.05, 4.69) is 14.9 Å². The van der Waals surface area contributed by atoms with E-state index in [0.29, 0.717) is 17.9 Å². The monoisotopic (exact) mass is 408 g/mol. The number of ether oxygens (including phenoxy) is 1. The van der Waals surface area contributed by atoms with Crippen LogP contribution in [-0.2, 0) is 13.2 Å². The van der Waals surface area contributed by atoms with Crippen LogP contribution in [0.5, 0.6) is 5.75 Å². The second-order valence-electron chi connectivity index (χ2n) is 7.10. The highest BCUT2D eigenvalue weighted by Crippen LogP contribution is 2.18. The average Bonchev–Trinajstić information content (AvgIpc) is 3.18. The number of hydrogen-bond donors (Lipinski definition) is 0. The Bertz CT molecular complexity index is 952. The first-order chi connectivity index (χ1) is 14.2. The average molecular weight is 409 g/mol. The van der Waals surface area contributed by atoms with Crippen LogP contribution < -0.4 is 4.74 Å². The summed E-state index contributed by atoms with van der Waals surface area (Å²) in [4.78, 5) is 25.7. The highest BCUT2D eigenvalue weighted by atomic mass is 32.1. The molecule has 0 aliphatic carbocycles. The van der Waals surface area contributed by atoms with Gasteiger partial charge in [0.1, 0.15) is 12.4 Å². The summed E-state index contributed by atoms with van der Waals surface area (Å²) >= 11 is 1.61. The van der Waals surface area contributed by atoms with E-state index in [0.717, 1.165) is 43.4 Å². The van der Waals surface area contributed by atoms with Gasteiger partial charge >= 0.3 is 0 Å². The van der Waals surface area contributed by atoms with Crippen LogP contribution in [0.3, 0.4) is 0 Å². The van der Waals surface area contributed by atoms with E-state index in [1.54, 1.807) is 11.3 Å². The number of aryl methyl sites for hydroxylation is 1. The number of nitrogens with zero attached hydrogens (tertiary/aromatic N) is 4. The Morgan fingerprint density at radius 2 is 1.93 bits per heavy atom. The minimum Gasteiger partial charge on any atom is -0.487 e. The van der Waals surface area contributed by atoms with Crippen LogP contribution in [-0.4, -0.2) is 51.9 Å². The molecule has 150 valence electrons. The maximum absolute atomic E-state index is 12.9. The van der Waals surface area contributed by atoms with Crippen LogP contribution in [0.1, 0.15) is 26.6 Å². The van der Waals surface area contributed by atoms with Gasteiger partial charge < -0.3 is 9.64 Å². The molecule has 0 spiro atoms. The number of carbonyl (C=O) groups is 1. The highest BCUT2D eigenvalue weighted by Gasteiger charge is 2.22. The normalized spacial score (nSPS) is 14.7. The SMILES string of the molecule is Cc1nc(COc2cccc(C(=O)N3CCN(Cc4ccncc4)CC3)c2)cs1. The molecular weight excluding hydrogens is 384 g/mol. The van der Waals surface area contributed by atoms with E-state index in [1.165, 1.54) is 5.56 Å². The van der Waals surface area contributed by atoms with Crippen LogP contribution in [0.15, 0.2) is 54.2 Å². The largest absolute Gasteiger partial charge is 0.487 e. The number of aromatic nitrogens is 2. The smallest absolute Gasteiger partial charge is 0.254 e. The molecule has 29 heavy (non-hydrogen) atoms. The molecule has 4 rings (SSSR count). The predicted molar refractivity (Wildman–Crippen MR) is 113 cm³/mol. The van der Waals surface area contributed by atoms with Crippen molar-refractivity contribution in [1.29, 1.82) is 0 Å². The number of rotatable bonds is 6. The van der Waals surface area contributed by atoms with Gasteiger partial charge in [-0.2, -0.15) is 0 Å². The number of pyridine rings is 1. The molecule has 0 bridgehead atoms. The molecule has 0 radical (unpaired) electrons. The number of amides is 1. The molecule has 0 saturated carbocycles. The molecule has 0 atom stereocenters. The Hall–Kier alpha value is -2.77. The molecule has 1 aromatic carbocycles. The molecular formula is C22H24N4O2S. The first kappa shape index (κ1) is 19.5. The molecule has 1 aliphatic rings. The van der Waals surface area contributed by atoms with Crippen molar-refractivity contribution in [3.8, 4) is 5.75 Å². The van der Waals surface area contributed by atoms with Crippen LogP contribution in [0.25, 0.3) is 0 Å². The standard InChI is InChI=1S/C22H24N4O2S/c1-17-24-20(16-29-17)15-28-21-4-2-3-19(13-21)22(27)26-11-9-25(10-12-26)14-18-5-7-23-8-6-18/h2-8,13,16H,9-12,14-15H2,1H3. The maximum atomic E-state index is 12.9. The van der Waals surface area contributed by atoms with Crippen LogP contribution in [0.2, 0.25) is 0 Å². The van der Waals surface area contributed by atoms with Gasteiger partial charge in [0.05, 0.1) is 10.7 Å². The summed E-state index contributed by atoms with van der Waals surface area (Å²) in [5.74, 6) is 0.751. The van der Waals surface area contributed by atoms with Gasteiger partial charge in [0.15, 0.2) is 0 Å². The number of carbonyl (C=O) groups excluding carboxylic acids is 1. The molecule has 3 heterocycles. The Morgan fingerprint density at radius 3 is 2.66 bits per heavy atom. The van der Waals surface area contributed by atoms with Crippen molar-refractivity contribution >= 4 is 17.2 Å². The molecule has 6 nitrogen and oxygen atoms in total. The second kappa shape index (κ2) is 9.15. The quantitative estimate of drug-likeness (QED) is 0.626. The fourth-order valence-corrected chi connectivity index (χ4v) is 3.99. The van der Waals surface area contributed by atoms with E-state index in [-0.39, 0.29) is 5.91 Å². The summed E-state index contributed by atoms with van der Waals surface area (Å²) in [5, 5.41) is 3.02. The fourth-order valence-electron chi connectivity index (χ4n) is 3.39. The summed E-state index contributed by atoms with van der Waals surface area (Å²) < 4.78 is 5.83. The Kier molecular flexibility index (Phi) is 6.17. The van der Waals surface area contributed by atoms with Crippen molar-refractivity contribution in [3.05, 3.63) is 76.0 Å². The zero-order chi connectivity index (χ0) is 20.1. The third-order valence-corrected chi connectivity index (χ3v) is 5.77. The van der Waals surface area contributed by atoms with Crippen LogP contribution >= 0.6 is 11.3 Å². The summed E-state index contributed by atoms with van der Waals surface area (Å²) in [7, 11) is 0. The van der Waals surface area contributed by atoms with Gasteiger partial charge in [-0.1, -0.05) is 6.07 Å². The van der Waals surface area contributed by atoms with E-state index in [4.69, 9.17) is 4.74 Å². The topological polar surface area (TPSA) is 58.6 Å². The van der Waals surface area contributed by atoms with Crippen molar-refractivity contribution in [2.24, 2.45) is 0 Å². The lowest BCUT2D eigenvalue weighted by molar-refractivity contribution is 0.0628. The van der Waals surface area contributed by atoms with Gasteiger partial charge in [-0.05, 0) is 42.8 Å². The third kappa shape index (κ3) is 5.19. The number of piperazine rings is 1. The maximum Gasteiger partial charge on any atom is 0.254 e. The van der Waals surface area contributed by atoms with Gasteiger partial charge in [-0.25, -0.2) is 4.98 Å². The van der Waals surface area contributed by atoms with Gasteiger partial charge in [0, 0.05) is 56.1 Å². The van der Waals surface area contributed by atoms with Gasteiger partial charge in [0.25, 0.3) is 5.91 Å². The zero-order valence-corrected chi connectivity index (χ0v) is 17.3. The zero-order valence-electron chi connectivity index (χ0n) is 16.5. The first-order valence-electron chi connectivity index (χ1n) is 9.72. The van der Waals surface area contributed by atoms with E-state index >= 15 is 0 Å². The Balaban J connectivity index is 1.31. The fraction of sp³-hybridized carbons (Fsp3) is 0.318. The van der Waals surface area contributed by atoms with E-state index < -0.39 is 0 Å². The van der Waals surface area contributed by atoms with Gasteiger partial charge in [0.2, 0.25) is 0 Å². The minimum absolute atomic E-state index is 0.0588. The summed E-state index contributed by atoms with van der Waals surface area (Å²) in [5.41, 5.74) is 2.83. The second-order valence-corrected chi connectivity index (χ2v) is 8.16. The van der Waals surface area contributed by atoms with E-state index in [1.807, 2.05) is 66.0 Å². The minimum atomic E-state index is 0.0588. The molecule has 7 heteroatoms. The lowest BCUT2D eigenvalue weighted by Gasteiger charge is -2.34. The highest BCUT2D eigenvalue weighted by molar-refractivity contribution is 7.09. The summed E-state index contributed by atoms with van der Waals surface area (Å²) in [6.07, 6.45) is 3.64. The Morgan fingerprint density at radius 1 is 1.14 bits per heavy atom. The van der Waals surface area contributed by atoms with Crippen molar-refractivity contribution < 1.29 is 9.53 Å². The van der Waals surface area contributed by atoms with Gasteiger partial charge in [-0.15, -0.1) is 11.3 Å². The molecule has 3 aromatic rings. The Labute approximate surface area is 174 Å². The molecule has 2 aromatic heterocycles. The molecule has 0 N–H and O–H groups in total. The molecule has 1 fully saturated rings. The van der Waals surface area contributed by atoms with Crippen molar-refractivity contribution in [1.82, 2.24) is 19.8 Å². The summed E-state index contributed by atoms with van der Waals surface area (Å²) in [6, 6.07) is 11.5. The van der Waals surface area contributed by atoms with Gasteiger partial charge in [-0.3, -0.25) is 14.7 Å². The molecule has 1 amide bonds. The molecule has 0 unspecified atom stereocenters. The lowest BCUT2D eigenvalue weighted by atomic mass is 10.1. The predicted octanol–water partition coefficient (Wildman–Crippen LogP) is 3.38. The first-order valence-corrected chi connectivity index (χ1v) is 10.6. The number of hydrogen-bond acceptors (Lipinski definition) is 6. The van der Waals surface area contributed by atoms with E-state index in [9.17, 15) is 4.79 Å². The van der Waals surface area contributed by atoms with Crippen LogP contribution in [0, 0.1) is 6.92 Å². The molecule has 1 saturated heterocycles. The molecule has 1 aliphatic heterocycles. The number of benzene rings is 1. The third-order valence-electron chi connectivity index (χ3n) is 4.95. The number of thiazole rings is 1. The summed E-state index contributed by atoms with van der Waals surface area (Å²) in [6.45, 7) is 6.48. The van der Waals surface area contributed by atoms with Crippen molar-refractivity contribution in [3.63, 3.8) is 0 Å². The lowest BCUT2D eigenvalue weighted by Crippen LogP contribution is -2.48.